The van der Waals surface area contributed by atoms with Crippen molar-refractivity contribution >= 4 is 12.0 Å². The fraction of sp³-hybridized carbons (Fsp3) is 0.818. The molecule has 0 aromatic heterocycles. The highest BCUT2D eigenvalue weighted by Crippen LogP contribution is 2.24. The van der Waals surface area contributed by atoms with Crippen LogP contribution >= 0.6 is 0 Å². The molecule has 1 aliphatic rings. The monoisotopic (exact) mass is 243 g/mol. The Kier molecular flexibility index (Phi) is 4.74. The Balaban J connectivity index is 2.65. The fourth-order valence-corrected chi connectivity index (χ4v) is 2.13. The molecule has 1 heterocycles. The number of likely N-dealkylation sites (tertiary alicyclic amines) is 1. The van der Waals surface area contributed by atoms with Crippen LogP contribution < -0.4 is 5.32 Å². The van der Waals surface area contributed by atoms with Gasteiger partial charge in [-0.15, -0.1) is 0 Å². The van der Waals surface area contributed by atoms with E-state index in [1.54, 1.807) is 11.9 Å². The molecule has 1 aliphatic heterocycles. The number of carboxylic acid groups (broad SMARTS) is 1. The van der Waals surface area contributed by atoms with Gasteiger partial charge in [0.05, 0.1) is 0 Å². The third-order valence-electron chi connectivity index (χ3n) is 3.22. The molecule has 6 nitrogen and oxygen atoms in total. The van der Waals surface area contributed by atoms with E-state index in [0.717, 1.165) is 6.42 Å². The van der Waals surface area contributed by atoms with Crippen molar-refractivity contribution in [2.24, 2.45) is 5.92 Å². The average molecular weight is 243 g/mol. The molecule has 1 saturated heterocycles. The maximum absolute atomic E-state index is 12.1. The van der Waals surface area contributed by atoms with Crippen LogP contribution in [0, 0.1) is 5.92 Å². The topological polar surface area (TPSA) is 72.9 Å². The Bertz CT molecular complexity index is 296. The van der Waals surface area contributed by atoms with E-state index in [4.69, 9.17) is 5.11 Å². The summed E-state index contributed by atoms with van der Waals surface area (Å²) < 4.78 is 0. The van der Waals surface area contributed by atoms with Crippen LogP contribution in [0.1, 0.15) is 13.3 Å². The molecule has 6 heteroatoms. The largest absolute Gasteiger partial charge is 0.480 e. The van der Waals surface area contributed by atoms with E-state index in [1.807, 2.05) is 14.0 Å². The average Bonchev–Trinajstić information content (AvgIpc) is 2.66. The minimum Gasteiger partial charge on any atom is -0.480 e. The number of carbonyl (C=O) groups is 2. The number of rotatable bonds is 4. The standard InChI is InChI=1S/C11H21N3O3/c1-8-4-6-14(9(8)10(15)16)11(17)13(3)7-5-12-2/h8-9,12H,4-7H2,1-3H3,(H,15,16). The minimum absolute atomic E-state index is 0.0224. The van der Waals surface area contributed by atoms with Gasteiger partial charge in [0.2, 0.25) is 0 Å². The summed E-state index contributed by atoms with van der Waals surface area (Å²) in [6.07, 6.45) is 0.753. The molecule has 2 unspecified atom stereocenters. The maximum atomic E-state index is 12.1. The van der Waals surface area contributed by atoms with E-state index in [0.29, 0.717) is 19.6 Å². The Morgan fingerprint density at radius 1 is 1.53 bits per heavy atom. The maximum Gasteiger partial charge on any atom is 0.326 e. The molecule has 0 spiro atoms. The first-order valence-electron chi connectivity index (χ1n) is 5.88. The van der Waals surface area contributed by atoms with Crippen LogP contribution in [0.5, 0.6) is 0 Å². The Morgan fingerprint density at radius 3 is 2.71 bits per heavy atom. The first-order valence-corrected chi connectivity index (χ1v) is 5.88. The van der Waals surface area contributed by atoms with E-state index < -0.39 is 12.0 Å². The highest BCUT2D eigenvalue weighted by Gasteiger charge is 2.40. The molecule has 2 amide bonds. The second-order valence-corrected chi connectivity index (χ2v) is 4.55. The van der Waals surface area contributed by atoms with Crippen molar-refractivity contribution in [3.63, 3.8) is 0 Å². The third kappa shape index (κ3) is 3.09. The minimum atomic E-state index is -0.912. The summed E-state index contributed by atoms with van der Waals surface area (Å²) >= 11 is 0. The third-order valence-corrected chi connectivity index (χ3v) is 3.22. The SMILES string of the molecule is CNCCN(C)C(=O)N1CCC(C)C1C(=O)O. The number of urea groups is 1. The second-order valence-electron chi connectivity index (χ2n) is 4.55. The zero-order valence-electron chi connectivity index (χ0n) is 10.6. The normalized spacial score (nSPS) is 23.8. The highest BCUT2D eigenvalue weighted by atomic mass is 16.4. The first kappa shape index (κ1) is 13.8. The highest BCUT2D eigenvalue weighted by molar-refractivity contribution is 5.83. The molecule has 0 bridgehead atoms. The molecule has 0 aliphatic carbocycles. The summed E-state index contributed by atoms with van der Waals surface area (Å²) in [4.78, 5) is 26.2. The summed E-state index contributed by atoms with van der Waals surface area (Å²) in [6.45, 7) is 3.68. The van der Waals surface area contributed by atoms with Crippen LogP contribution in [-0.2, 0) is 4.79 Å². The van der Waals surface area contributed by atoms with Crippen molar-refractivity contribution in [1.29, 1.82) is 0 Å². The number of nitrogens with one attached hydrogen (secondary N) is 1. The molecular formula is C11H21N3O3. The lowest BCUT2D eigenvalue weighted by atomic mass is 10.0. The number of hydrogen-bond donors (Lipinski definition) is 2. The van der Waals surface area contributed by atoms with Crippen LogP contribution in [0.25, 0.3) is 0 Å². The number of amides is 2. The van der Waals surface area contributed by atoms with Crippen LogP contribution in [0.3, 0.4) is 0 Å². The second kappa shape index (κ2) is 5.86. The van der Waals surface area contributed by atoms with Gasteiger partial charge in [-0.25, -0.2) is 9.59 Å². The van der Waals surface area contributed by atoms with Crippen molar-refractivity contribution in [3.05, 3.63) is 0 Å². The van der Waals surface area contributed by atoms with Crippen molar-refractivity contribution in [2.75, 3.05) is 33.7 Å². The molecule has 17 heavy (non-hydrogen) atoms. The molecule has 0 aromatic carbocycles. The van der Waals surface area contributed by atoms with Gasteiger partial charge in [-0.2, -0.15) is 0 Å². The zero-order chi connectivity index (χ0) is 13.0. The van der Waals surface area contributed by atoms with Gasteiger partial charge in [0, 0.05) is 26.7 Å². The molecule has 1 rings (SSSR count). The lowest BCUT2D eigenvalue weighted by Crippen LogP contribution is -2.49. The van der Waals surface area contributed by atoms with Crippen molar-refractivity contribution in [3.8, 4) is 0 Å². The summed E-state index contributed by atoms with van der Waals surface area (Å²) in [5, 5.41) is 12.1. The number of carbonyl (C=O) groups excluding carboxylic acids is 1. The van der Waals surface area contributed by atoms with Gasteiger partial charge in [0.25, 0.3) is 0 Å². The molecule has 0 aromatic rings. The number of nitrogens with zero attached hydrogens (tertiary/aromatic N) is 2. The van der Waals surface area contributed by atoms with Crippen molar-refractivity contribution in [2.45, 2.75) is 19.4 Å². The van der Waals surface area contributed by atoms with Gasteiger partial charge >= 0.3 is 12.0 Å². The molecule has 2 N–H and O–H groups in total. The van der Waals surface area contributed by atoms with Gasteiger partial charge in [-0.05, 0) is 19.4 Å². The predicted octanol–water partition coefficient (Wildman–Crippen LogP) is 0.0526. The first-order chi connectivity index (χ1) is 7.99. The Labute approximate surface area is 102 Å². The number of aliphatic carboxylic acids is 1. The number of carboxylic acids is 1. The molecular weight excluding hydrogens is 222 g/mol. The smallest absolute Gasteiger partial charge is 0.326 e. The zero-order valence-corrected chi connectivity index (χ0v) is 10.6. The predicted molar refractivity (Wildman–Crippen MR) is 63.9 cm³/mol. The van der Waals surface area contributed by atoms with Gasteiger partial charge < -0.3 is 20.2 Å². The summed E-state index contributed by atoms with van der Waals surface area (Å²) in [5.41, 5.74) is 0. The van der Waals surface area contributed by atoms with E-state index in [2.05, 4.69) is 5.32 Å². The van der Waals surface area contributed by atoms with Crippen LogP contribution in [-0.4, -0.2) is 66.7 Å². The van der Waals surface area contributed by atoms with Gasteiger partial charge in [0.1, 0.15) is 6.04 Å². The van der Waals surface area contributed by atoms with Crippen LogP contribution in [0.2, 0.25) is 0 Å². The number of hydrogen-bond acceptors (Lipinski definition) is 3. The van der Waals surface area contributed by atoms with Gasteiger partial charge in [-0.3, -0.25) is 0 Å². The molecule has 2 atom stereocenters. The van der Waals surface area contributed by atoms with Crippen LogP contribution in [0.4, 0.5) is 4.79 Å². The van der Waals surface area contributed by atoms with Gasteiger partial charge in [-0.1, -0.05) is 6.92 Å². The Morgan fingerprint density at radius 2 is 2.18 bits per heavy atom. The van der Waals surface area contributed by atoms with E-state index in [9.17, 15) is 9.59 Å². The van der Waals surface area contributed by atoms with E-state index in [1.165, 1.54) is 4.90 Å². The molecule has 1 fully saturated rings. The van der Waals surface area contributed by atoms with E-state index in [-0.39, 0.29) is 11.9 Å². The van der Waals surface area contributed by atoms with Crippen molar-refractivity contribution in [1.82, 2.24) is 15.1 Å². The number of likely N-dealkylation sites (N-methyl/N-ethyl adjacent to an activating group) is 2. The molecule has 98 valence electrons. The summed E-state index contributed by atoms with van der Waals surface area (Å²) in [7, 11) is 3.51. The quantitative estimate of drug-likeness (QED) is 0.732. The lowest BCUT2D eigenvalue weighted by Gasteiger charge is -2.28. The van der Waals surface area contributed by atoms with Crippen molar-refractivity contribution < 1.29 is 14.7 Å². The van der Waals surface area contributed by atoms with Gasteiger partial charge in [0.15, 0.2) is 0 Å². The molecule has 0 saturated carbocycles. The summed E-state index contributed by atoms with van der Waals surface area (Å²) in [5.74, 6) is -0.889. The summed E-state index contributed by atoms with van der Waals surface area (Å²) in [6, 6.07) is -0.878. The van der Waals surface area contributed by atoms with Crippen LogP contribution in [0.15, 0.2) is 0 Å². The lowest BCUT2D eigenvalue weighted by molar-refractivity contribution is -0.142. The van der Waals surface area contributed by atoms with E-state index >= 15 is 0 Å². The molecule has 0 radical (unpaired) electrons. The fourth-order valence-electron chi connectivity index (χ4n) is 2.13. The Hall–Kier alpha value is -1.30.